The van der Waals surface area contributed by atoms with E-state index < -0.39 is 6.04 Å². The third-order valence-electron chi connectivity index (χ3n) is 10.2. The lowest BCUT2D eigenvalue weighted by Gasteiger charge is -2.59. The highest BCUT2D eigenvalue weighted by molar-refractivity contribution is 5.75. The SMILES string of the molecule is C[C@]12CC[C@H](OC(=O)[C@H](N)CCN)C[C@H]1CC[C@H]1C3=CC[C@H](c4ccc(=O)oc4)[C@@]3(C)CC[C@@H]12. The van der Waals surface area contributed by atoms with Crippen LogP contribution in [0.15, 0.2) is 39.3 Å². The molecule has 0 aromatic carbocycles. The summed E-state index contributed by atoms with van der Waals surface area (Å²) in [4.78, 5) is 23.8. The molecular formula is C28H40N2O4. The number of hydrogen-bond donors (Lipinski definition) is 2. The lowest BCUT2D eigenvalue weighted by atomic mass is 9.46. The maximum absolute atomic E-state index is 12.4. The summed E-state index contributed by atoms with van der Waals surface area (Å²) in [6.45, 7) is 5.35. The molecule has 34 heavy (non-hydrogen) atoms. The molecule has 186 valence electrons. The Morgan fingerprint density at radius 1 is 1.21 bits per heavy atom. The Bertz CT molecular complexity index is 997. The fourth-order valence-corrected chi connectivity index (χ4v) is 8.28. The standard InChI is InChI=1S/C28H40N2O4/c1-27-12-9-19(34-26(32)24(30)11-14-29)15-18(27)4-5-20-22-7-6-21(17-3-8-25(31)33-16-17)28(22,2)13-10-23(20)27/h3,7-8,16,18-21,23-24H,4-6,9-15,29-30H2,1-2H3/t18-,19+,20+,21-,23+,24-,27+,28-/m1/s1. The van der Waals surface area contributed by atoms with Crippen LogP contribution in [0.2, 0.25) is 0 Å². The van der Waals surface area contributed by atoms with Crippen LogP contribution in [0.1, 0.15) is 83.1 Å². The van der Waals surface area contributed by atoms with E-state index in [0.717, 1.165) is 31.2 Å². The second kappa shape index (κ2) is 8.94. The average Bonchev–Trinajstić information content (AvgIpc) is 3.17. The fraction of sp³-hybridized carbons (Fsp3) is 0.714. The summed E-state index contributed by atoms with van der Waals surface area (Å²) in [5.74, 6) is 2.02. The van der Waals surface area contributed by atoms with Crippen molar-refractivity contribution in [1.29, 1.82) is 0 Å². The lowest BCUT2D eigenvalue weighted by molar-refractivity contribution is -0.159. The predicted molar refractivity (Wildman–Crippen MR) is 131 cm³/mol. The van der Waals surface area contributed by atoms with Crippen LogP contribution in [-0.4, -0.2) is 24.7 Å². The van der Waals surface area contributed by atoms with Crippen molar-refractivity contribution in [2.75, 3.05) is 6.54 Å². The molecule has 1 heterocycles. The maximum Gasteiger partial charge on any atom is 0.335 e. The molecule has 4 aliphatic carbocycles. The summed E-state index contributed by atoms with van der Waals surface area (Å²) in [6.07, 6.45) is 13.5. The summed E-state index contributed by atoms with van der Waals surface area (Å²) < 4.78 is 11.1. The Morgan fingerprint density at radius 3 is 2.76 bits per heavy atom. The topological polar surface area (TPSA) is 109 Å². The van der Waals surface area contributed by atoms with E-state index in [1.54, 1.807) is 17.9 Å². The number of carbonyl (C=O) groups excluding carboxylic acids is 1. The molecule has 0 spiro atoms. The number of allylic oxidation sites excluding steroid dienone is 2. The summed E-state index contributed by atoms with van der Waals surface area (Å²) in [5, 5.41) is 0. The minimum absolute atomic E-state index is 0.0115. The largest absolute Gasteiger partial charge is 0.461 e. The van der Waals surface area contributed by atoms with Crippen molar-refractivity contribution in [3.05, 3.63) is 46.0 Å². The van der Waals surface area contributed by atoms with E-state index in [1.165, 1.54) is 25.7 Å². The van der Waals surface area contributed by atoms with Gasteiger partial charge < -0.3 is 20.6 Å². The fourth-order valence-electron chi connectivity index (χ4n) is 8.28. The lowest BCUT2D eigenvalue weighted by Crippen LogP contribution is -2.52. The molecule has 4 aliphatic rings. The predicted octanol–water partition coefficient (Wildman–Crippen LogP) is 4.27. The molecule has 6 heteroatoms. The van der Waals surface area contributed by atoms with Gasteiger partial charge in [-0.2, -0.15) is 0 Å². The third kappa shape index (κ3) is 3.87. The van der Waals surface area contributed by atoms with E-state index in [9.17, 15) is 9.59 Å². The van der Waals surface area contributed by atoms with Gasteiger partial charge in [0, 0.05) is 6.07 Å². The van der Waals surface area contributed by atoms with Gasteiger partial charge in [0.25, 0.3) is 0 Å². The van der Waals surface area contributed by atoms with Gasteiger partial charge in [0.2, 0.25) is 0 Å². The number of rotatable bonds is 5. The van der Waals surface area contributed by atoms with E-state index in [-0.39, 0.29) is 23.1 Å². The zero-order valence-corrected chi connectivity index (χ0v) is 20.6. The number of carbonyl (C=O) groups is 1. The molecule has 0 radical (unpaired) electrons. The maximum atomic E-state index is 12.4. The quantitative estimate of drug-likeness (QED) is 0.493. The molecule has 4 N–H and O–H groups in total. The van der Waals surface area contributed by atoms with Gasteiger partial charge in [-0.1, -0.05) is 25.5 Å². The minimum atomic E-state index is -0.607. The number of fused-ring (bicyclic) bond motifs is 5. The van der Waals surface area contributed by atoms with Crippen LogP contribution < -0.4 is 17.1 Å². The van der Waals surface area contributed by atoms with E-state index >= 15 is 0 Å². The first-order valence-corrected chi connectivity index (χ1v) is 13.2. The molecule has 1 aromatic heterocycles. The van der Waals surface area contributed by atoms with Gasteiger partial charge in [-0.15, -0.1) is 0 Å². The van der Waals surface area contributed by atoms with Gasteiger partial charge in [0.15, 0.2) is 0 Å². The summed E-state index contributed by atoms with van der Waals surface area (Å²) in [6, 6.07) is 2.91. The molecule has 8 atom stereocenters. The molecular weight excluding hydrogens is 428 g/mol. The molecule has 1 aromatic rings. The Labute approximate surface area is 202 Å². The van der Waals surface area contributed by atoms with Gasteiger partial charge in [-0.25, -0.2) is 4.79 Å². The molecule has 0 unspecified atom stereocenters. The van der Waals surface area contributed by atoms with E-state index in [0.29, 0.717) is 42.1 Å². The Morgan fingerprint density at radius 2 is 2.03 bits per heavy atom. The first-order valence-electron chi connectivity index (χ1n) is 13.2. The Balaban J connectivity index is 1.29. The van der Waals surface area contributed by atoms with Crippen molar-refractivity contribution < 1.29 is 13.9 Å². The first-order chi connectivity index (χ1) is 16.3. The monoisotopic (exact) mass is 468 g/mol. The van der Waals surface area contributed by atoms with Gasteiger partial charge >= 0.3 is 11.6 Å². The number of nitrogens with two attached hydrogens (primary N) is 2. The molecule has 3 fully saturated rings. The smallest absolute Gasteiger partial charge is 0.335 e. The second-order valence-electron chi connectivity index (χ2n) is 11.8. The summed E-state index contributed by atoms with van der Waals surface area (Å²) >= 11 is 0. The molecule has 0 saturated heterocycles. The molecule has 5 rings (SSSR count). The van der Waals surface area contributed by atoms with Crippen LogP contribution in [0.25, 0.3) is 0 Å². The van der Waals surface area contributed by atoms with E-state index in [2.05, 4.69) is 19.9 Å². The van der Waals surface area contributed by atoms with Crippen molar-refractivity contribution in [2.45, 2.75) is 89.7 Å². The molecule has 0 bridgehead atoms. The normalized spacial score (nSPS) is 39.9. The van der Waals surface area contributed by atoms with Crippen LogP contribution in [0, 0.1) is 28.6 Å². The summed E-state index contributed by atoms with van der Waals surface area (Å²) in [5.41, 5.74) is 14.5. The van der Waals surface area contributed by atoms with Gasteiger partial charge in [0.1, 0.15) is 12.1 Å². The van der Waals surface area contributed by atoms with Gasteiger partial charge in [-0.3, -0.25) is 4.79 Å². The number of esters is 1. The highest BCUT2D eigenvalue weighted by atomic mass is 16.5. The Hall–Kier alpha value is -1.92. The van der Waals surface area contributed by atoms with Crippen LogP contribution in [-0.2, 0) is 9.53 Å². The number of hydrogen-bond acceptors (Lipinski definition) is 6. The molecule has 0 amide bonds. The van der Waals surface area contributed by atoms with E-state index in [4.69, 9.17) is 20.6 Å². The van der Waals surface area contributed by atoms with Crippen LogP contribution in [0.4, 0.5) is 0 Å². The van der Waals surface area contributed by atoms with Crippen LogP contribution in [0.5, 0.6) is 0 Å². The highest BCUT2D eigenvalue weighted by Gasteiger charge is 2.58. The van der Waals surface area contributed by atoms with Crippen molar-refractivity contribution in [1.82, 2.24) is 0 Å². The average molecular weight is 469 g/mol. The first kappa shape index (κ1) is 23.8. The second-order valence-corrected chi connectivity index (χ2v) is 11.8. The summed E-state index contributed by atoms with van der Waals surface area (Å²) in [7, 11) is 0. The molecule has 3 saturated carbocycles. The third-order valence-corrected chi connectivity index (χ3v) is 10.2. The molecule has 6 nitrogen and oxygen atoms in total. The van der Waals surface area contributed by atoms with Crippen LogP contribution in [0.3, 0.4) is 0 Å². The van der Waals surface area contributed by atoms with Crippen molar-refractivity contribution in [3.63, 3.8) is 0 Å². The number of ether oxygens (including phenoxy) is 1. The van der Waals surface area contributed by atoms with Gasteiger partial charge in [0.05, 0.1) is 6.26 Å². The van der Waals surface area contributed by atoms with Crippen LogP contribution >= 0.6 is 0 Å². The van der Waals surface area contributed by atoms with Crippen molar-refractivity contribution >= 4 is 5.97 Å². The van der Waals surface area contributed by atoms with E-state index in [1.807, 2.05) is 6.07 Å². The van der Waals surface area contributed by atoms with Crippen molar-refractivity contribution in [2.24, 2.45) is 40.1 Å². The van der Waals surface area contributed by atoms with Gasteiger partial charge in [-0.05, 0) is 110 Å². The minimum Gasteiger partial charge on any atom is -0.461 e. The highest BCUT2D eigenvalue weighted by Crippen LogP contribution is 2.67. The van der Waals surface area contributed by atoms with Crippen molar-refractivity contribution in [3.8, 4) is 0 Å². The molecule has 0 aliphatic heterocycles. The Kier molecular flexibility index (Phi) is 6.26. The zero-order chi connectivity index (χ0) is 24.1. The zero-order valence-electron chi connectivity index (χ0n) is 20.6.